The van der Waals surface area contributed by atoms with Crippen molar-refractivity contribution in [3.05, 3.63) is 47.5 Å². The largest absolute Gasteiger partial charge is 0.493 e. The zero-order valence-electron chi connectivity index (χ0n) is 17.6. The Kier molecular flexibility index (Phi) is 7.09. The van der Waals surface area contributed by atoms with E-state index in [1.807, 2.05) is 24.3 Å². The standard InChI is InChI=1S/C22H27NO6/c1-22(2,3)15-9-7-8-10-17(15)29-13-20(24)23-16-12-19(27-5)18(26-4)11-14(16)21(25)28-6/h7-12H,13H2,1-6H3,(H,23,24). The van der Waals surface area contributed by atoms with Gasteiger partial charge in [0.15, 0.2) is 18.1 Å². The lowest BCUT2D eigenvalue weighted by atomic mass is 9.86. The van der Waals surface area contributed by atoms with E-state index in [1.165, 1.54) is 33.5 Å². The number of methoxy groups -OCH3 is 3. The maximum atomic E-state index is 12.5. The van der Waals surface area contributed by atoms with E-state index < -0.39 is 11.9 Å². The van der Waals surface area contributed by atoms with Crippen LogP contribution in [0, 0.1) is 0 Å². The number of anilines is 1. The van der Waals surface area contributed by atoms with Gasteiger partial charge < -0.3 is 24.3 Å². The highest BCUT2D eigenvalue weighted by Crippen LogP contribution is 2.34. The fourth-order valence-electron chi connectivity index (χ4n) is 2.80. The van der Waals surface area contributed by atoms with Gasteiger partial charge in [-0.15, -0.1) is 0 Å². The number of hydrogen-bond donors (Lipinski definition) is 1. The van der Waals surface area contributed by atoms with E-state index in [4.69, 9.17) is 18.9 Å². The van der Waals surface area contributed by atoms with Crippen molar-refractivity contribution in [3.63, 3.8) is 0 Å². The smallest absolute Gasteiger partial charge is 0.340 e. The third-order valence-electron chi connectivity index (χ3n) is 4.26. The minimum atomic E-state index is -0.611. The number of nitrogens with one attached hydrogen (secondary N) is 1. The molecule has 0 bridgehead atoms. The Morgan fingerprint density at radius 1 is 0.931 bits per heavy atom. The van der Waals surface area contributed by atoms with Crippen LogP contribution in [0.1, 0.15) is 36.7 Å². The van der Waals surface area contributed by atoms with Crippen molar-refractivity contribution in [2.24, 2.45) is 0 Å². The van der Waals surface area contributed by atoms with Gasteiger partial charge in [-0.3, -0.25) is 4.79 Å². The number of carbonyl (C=O) groups is 2. The third-order valence-corrected chi connectivity index (χ3v) is 4.26. The number of rotatable bonds is 7. The van der Waals surface area contributed by atoms with Crippen LogP contribution in [-0.2, 0) is 14.9 Å². The fraction of sp³-hybridized carbons (Fsp3) is 0.364. The SMILES string of the molecule is COC(=O)c1cc(OC)c(OC)cc1NC(=O)COc1ccccc1C(C)(C)C. The van der Waals surface area contributed by atoms with E-state index in [2.05, 4.69) is 26.1 Å². The molecule has 0 fully saturated rings. The molecule has 29 heavy (non-hydrogen) atoms. The summed E-state index contributed by atoms with van der Waals surface area (Å²) in [4.78, 5) is 24.6. The van der Waals surface area contributed by atoms with Gasteiger partial charge in [-0.25, -0.2) is 4.79 Å². The van der Waals surface area contributed by atoms with Gasteiger partial charge in [0.1, 0.15) is 5.75 Å². The highest BCUT2D eigenvalue weighted by atomic mass is 16.5. The minimum absolute atomic E-state index is 0.130. The van der Waals surface area contributed by atoms with E-state index >= 15 is 0 Å². The van der Waals surface area contributed by atoms with Crippen LogP contribution in [0.4, 0.5) is 5.69 Å². The molecule has 156 valence electrons. The predicted octanol–water partition coefficient (Wildman–Crippen LogP) is 3.81. The average Bonchev–Trinajstić information content (AvgIpc) is 2.70. The first-order chi connectivity index (χ1) is 13.7. The molecule has 2 aromatic rings. The maximum absolute atomic E-state index is 12.5. The summed E-state index contributed by atoms with van der Waals surface area (Å²) in [6.45, 7) is 5.99. The molecule has 0 radical (unpaired) electrons. The quantitative estimate of drug-likeness (QED) is 0.711. The van der Waals surface area contributed by atoms with Crippen molar-refractivity contribution >= 4 is 17.6 Å². The van der Waals surface area contributed by atoms with Crippen LogP contribution in [0.15, 0.2) is 36.4 Å². The van der Waals surface area contributed by atoms with Gasteiger partial charge in [0.2, 0.25) is 0 Å². The monoisotopic (exact) mass is 401 g/mol. The van der Waals surface area contributed by atoms with Crippen LogP contribution in [0.3, 0.4) is 0 Å². The Balaban J connectivity index is 2.22. The van der Waals surface area contributed by atoms with Gasteiger partial charge in [0, 0.05) is 12.1 Å². The Labute approximate surface area is 170 Å². The molecule has 1 N–H and O–H groups in total. The number of para-hydroxylation sites is 1. The summed E-state index contributed by atoms with van der Waals surface area (Å²) in [7, 11) is 4.18. The van der Waals surface area contributed by atoms with Crippen molar-refractivity contribution in [2.45, 2.75) is 26.2 Å². The van der Waals surface area contributed by atoms with Gasteiger partial charge >= 0.3 is 5.97 Å². The second-order valence-corrected chi connectivity index (χ2v) is 7.33. The van der Waals surface area contributed by atoms with Crippen molar-refractivity contribution < 1.29 is 28.5 Å². The second kappa shape index (κ2) is 9.32. The molecule has 7 heteroatoms. The number of amides is 1. The first-order valence-corrected chi connectivity index (χ1v) is 9.07. The summed E-state index contributed by atoms with van der Waals surface area (Å²) in [5.41, 5.74) is 1.25. The normalized spacial score (nSPS) is 10.8. The number of hydrogen-bond acceptors (Lipinski definition) is 6. The molecule has 0 aromatic heterocycles. The number of esters is 1. The first-order valence-electron chi connectivity index (χ1n) is 9.07. The van der Waals surface area contributed by atoms with Crippen LogP contribution in [-0.4, -0.2) is 39.8 Å². The molecule has 1 amide bonds. The Morgan fingerprint density at radius 3 is 2.14 bits per heavy atom. The van der Waals surface area contributed by atoms with Crippen LogP contribution < -0.4 is 19.5 Å². The molecule has 0 heterocycles. The lowest BCUT2D eigenvalue weighted by Gasteiger charge is -2.22. The number of benzene rings is 2. The molecule has 0 aliphatic heterocycles. The first kappa shape index (κ1) is 22.1. The van der Waals surface area contributed by atoms with E-state index in [0.29, 0.717) is 17.2 Å². The highest BCUT2D eigenvalue weighted by Gasteiger charge is 2.21. The van der Waals surface area contributed by atoms with Gasteiger partial charge in [-0.1, -0.05) is 39.0 Å². The van der Waals surface area contributed by atoms with E-state index in [0.717, 1.165) is 5.56 Å². The lowest BCUT2D eigenvalue weighted by Crippen LogP contribution is -2.23. The molecular formula is C22H27NO6. The van der Waals surface area contributed by atoms with Crippen LogP contribution in [0.5, 0.6) is 17.2 Å². The Bertz CT molecular complexity index is 885. The predicted molar refractivity (Wildman–Crippen MR) is 110 cm³/mol. The molecule has 0 aliphatic carbocycles. The molecule has 0 saturated carbocycles. The second-order valence-electron chi connectivity index (χ2n) is 7.33. The van der Waals surface area contributed by atoms with Crippen molar-refractivity contribution in [1.82, 2.24) is 0 Å². The summed E-state index contributed by atoms with van der Waals surface area (Å²) >= 11 is 0. The summed E-state index contributed by atoms with van der Waals surface area (Å²) < 4.78 is 21.0. The highest BCUT2D eigenvalue weighted by molar-refractivity contribution is 6.02. The van der Waals surface area contributed by atoms with E-state index in [1.54, 1.807) is 0 Å². The van der Waals surface area contributed by atoms with Gasteiger partial charge in [0.05, 0.1) is 32.6 Å². The third kappa shape index (κ3) is 5.40. The van der Waals surface area contributed by atoms with Gasteiger partial charge in [0.25, 0.3) is 5.91 Å². The summed E-state index contributed by atoms with van der Waals surface area (Å²) in [6.07, 6.45) is 0. The van der Waals surface area contributed by atoms with Crippen molar-refractivity contribution in [2.75, 3.05) is 33.3 Å². The van der Waals surface area contributed by atoms with Crippen LogP contribution in [0.2, 0.25) is 0 Å². The van der Waals surface area contributed by atoms with Crippen LogP contribution >= 0.6 is 0 Å². The minimum Gasteiger partial charge on any atom is -0.493 e. The summed E-state index contributed by atoms with van der Waals surface area (Å²) in [5.74, 6) is 0.317. The summed E-state index contributed by atoms with van der Waals surface area (Å²) in [5, 5.41) is 2.68. The molecule has 2 rings (SSSR count). The molecule has 0 atom stereocenters. The maximum Gasteiger partial charge on any atom is 0.340 e. The molecule has 0 spiro atoms. The Hall–Kier alpha value is -3.22. The summed E-state index contributed by atoms with van der Waals surface area (Å²) in [6, 6.07) is 10.5. The van der Waals surface area contributed by atoms with Crippen molar-refractivity contribution in [3.8, 4) is 17.2 Å². The molecule has 2 aromatic carbocycles. The topological polar surface area (TPSA) is 83.1 Å². The van der Waals surface area contributed by atoms with Gasteiger partial charge in [-0.2, -0.15) is 0 Å². The van der Waals surface area contributed by atoms with E-state index in [-0.39, 0.29) is 23.3 Å². The van der Waals surface area contributed by atoms with Crippen molar-refractivity contribution in [1.29, 1.82) is 0 Å². The molecule has 7 nitrogen and oxygen atoms in total. The Morgan fingerprint density at radius 2 is 1.55 bits per heavy atom. The lowest BCUT2D eigenvalue weighted by molar-refractivity contribution is -0.118. The van der Waals surface area contributed by atoms with E-state index in [9.17, 15) is 9.59 Å². The van der Waals surface area contributed by atoms with Gasteiger partial charge in [-0.05, 0) is 17.0 Å². The van der Waals surface area contributed by atoms with Crippen LogP contribution in [0.25, 0.3) is 0 Å². The zero-order chi connectivity index (χ0) is 21.6. The molecule has 0 unspecified atom stereocenters. The fourth-order valence-corrected chi connectivity index (χ4v) is 2.80. The molecule has 0 aliphatic rings. The number of carbonyl (C=O) groups excluding carboxylic acids is 2. The number of ether oxygens (including phenoxy) is 4. The molecule has 0 saturated heterocycles. The average molecular weight is 401 g/mol. The zero-order valence-corrected chi connectivity index (χ0v) is 17.6. The molecular weight excluding hydrogens is 374 g/mol.